The third-order valence-electron chi connectivity index (χ3n) is 5.96. The molecule has 7 unspecified atom stereocenters. The number of nitrogens with one attached hydrogen (secondary N) is 1. The maximum absolute atomic E-state index is 12.4. The lowest BCUT2D eigenvalue weighted by atomic mass is 9.99. The van der Waals surface area contributed by atoms with Gasteiger partial charge in [0.1, 0.15) is 24.4 Å². The number of aliphatic hydroxyl groups is 5. The van der Waals surface area contributed by atoms with E-state index in [0.717, 1.165) is 38.5 Å². The molecule has 0 bridgehead atoms. The zero-order chi connectivity index (χ0) is 23.9. The molecule has 0 aromatic carbocycles. The largest absolute Gasteiger partial charge is 0.394 e. The minimum Gasteiger partial charge on any atom is -0.394 e. The lowest BCUT2D eigenvalue weighted by Gasteiger charge is -2.40. The van der Waals surface area contributed by atoms with E-state index in [2.05, 4.69) is 19.2 Å². The summed E-state index contributed by atoms with van der Waals surface area (Å²) in [6.45, 7) is 3.53. The number of rotatable bonds is 17. The first-order valence-electron chi connectivity index (χ1n) is 12.2. The predicted molar refractivity (Wildman–Crippen MR) is 120 cm³/mol. The van der Waals surface area contributed by atoms with Crippen molar-refractivity contribution in [2.75, 3.05) is 13.2 Å². The van der Waals surface area contributed by atoms with Gasteiger partial charge in [0.15, 0.2) is 6.29 Å². The molecule has 1 rings (SSSR count). The second-order valence-corrected chi connectivity index (χ2v) is 8.79. The fraction of sp³-hybridized carbons (Fsp3) is 0.957. The van der Waals surface area contributed by atoms with Crippen LogP contribution in [0.4, 0.5) is 0 Å². The van der Waals surface area contributed by atoms with Crippen LogP contribution in [0.15, 0.2) is 0 Å². The van der Waals surface area contributed by atoms with E-state index in [4.69, 9.17) is 9.47 Å². The van der Waals surface area contributed by atoms with Gasteiger partial charge in [-0.05, 0) is 12.8 Å². The average Bonchev–Trinajstić information content (AvgIpc) is 2.78. The van der Waals surface area contributed by atoms with Crippen molar-refractivity contribution in [3.8, 4) is 0 Å². The van der Waals surface area contributed by atoms with E-state index in [1.54, 1.807) is 0 Å². The van der Waals surface area contributed by atoms with Gasteiger partial charge in [-0.1, -0.05) is 65.2 Å². The van der Waals surface area contributed by atoms with Crippen molar-refractivity contribution >= 4 is 5.91 Å². The Morgan fingerprint density at radius 2 is 1.56 bits per heavy atom. The average molecular weight is 464 g/mol. The molecule has 0 radical (unpaired) electrons. The van der Waals surface area contributed by atoms with Gasteiger partial charge in [-0.25, -0.2) is 0 Å². The molecule has 0 spiro atoms. The number of hydrogen-bond acceptors (Lipinski definition) is 8. The molecule has 190 valence electrons. The zero-order valence-electron chi connectivity index (χ0n) is 19.7. The van der Waals surface area contributed by atoms with E-state index >= 15 is 0 Å². The summed E-state index contributed by atoms with van der Waals surface area (Å²) in [4.78, 5) is 12.4. The van der Waals surface area contributed by atoms with E-state index in [9.17, 15) is 30.3 Å². The Labute approximate surface area is 192 Å². The fourth-order valence-electron chi connectivity index (χ4n) is 3.80. The Bertz CT molecular complexity index is 493. The fourth-order valence-corrected chi connectivity index (χ4v) is 3.80. The monoisotopic (exact) mass is 463 g/mol. The van der Waals surface area contributed by atoms with Gasteiger partial charge in [0.05, 0.1) is 25.4 Å². The molecule has 1 amide bonds. The maximum Gasteiger partial charge on any atom is 0.220 e. The zero-order valence-corrected chi connectivity index (χ0v) is 19.7. The van der Waals surface area contributed by atoms with Crippen LogP contribution in [-0.4, -0.2) is 87.5 Å². The van der Waals surface area contributed by atoms with E-state index in [0.29, 0.717) is 12.8 Å². The van der Waals surface area contributed by atoms with Crippen LogP contribution in [0, 0.1) is 0 Å². The summed E-state index contributed by atoms with van der Waals surface area (Å²) in [6, 6.07) is -0.702. The van der Waals surface area contributed by atoms with Crippen LogP contribution in [0.2, 0.25) is 0 Å². The molecule has 6 N–H and O–H groups in total. The second-order valence-electron chi connectivity index (χ2n) is 8.79. The highest BCUT2D eigenvalue weighted by Gasteiger charge is 2.44. The third kappa shape index (κ3) is 10.4. The Morgan fingerprint density at radius 3 is 2.22 bits per heavy atom. The van der Waals surface area contributed by atoms with Gasteiger partial charge in [0.25, 0.3) is 0 Å². The van der Waals surface area contributed by atoms with Crippen molar-refractivity contribution in [3.05, 3.63) is 0 Å². The molecule has 1 fully saturated rings. The number of unbranched alkanes of at least 4 members (excludes halogenated alkanes) is 7. The quantitative estimate of drug-likeness (QED) is 0.175. The molecule has 1 heterocycles. The molecule has 9 nitrogen and oxygen atoms in total. The lowest BCUT2D eigenvalue weighted by Crippen LogP contribution is -2.60. The van der Waals surface area contributed by atoms with Crippen molar-refractivity contribution in [1.82, 2.24) is 5.32 Å². The molecule has 0 aromatic heterocycles. The first-order valence-corrected chi connectivity index (χ1v) is 12.2. The summed E-state index contributed by atoms with van der Waals surface area (Å²) in [5.41, 5.74) is 0. The summed E-state index contributed by atoms with van der Waals surface area (Å²) in [7, 11) is 0. The molecular weight excluding hydrogens is 418 g/mol. The number of amides is 1. The Balaban J connectivity index is 2.60. The van der Waals surface area contributed by atoms with Gasteiger partial charge < -0.3 is 40.3 Å². The van der Waals surface area contributed by atoms with Crippen LogP contribution in [-0.2, 0) is 14.3 Å². The minimum atomic E-state index is -1.54. The third-order valence-corrected chi connectivity index (χ3v) is 5.96. The summed E-state index contributed by atoms with van der Waals surface area (Å²) >= 11 is 0. The summed E-state index contributed by atoms with van der Waals surface area (Å²) in [5, 5.41) is 52.7. The van der Waals surface area contributed by atoms with Gasteiger partial charge >= 0.3 is 0 Å². The van der Waals surface area contributed by atoms with Crippen LogP contribution in [0.5, 0.6) is 0 Å². The first-order chi connectivity index (χ1) is 15.3. The summed E-state index contributed by atoms with van der Waals surface area (Å²) < 4.78 is 10.9. The SMILES string of the molecule is CCCCCCCCC(=O)NC(COC1OC(CO)C(O)C(O)C1O)C(O)CCCCC. The molecule has 1 saturated heterocycles. The van der Waals surface area contributed by atoms with Crippen LogP contribution in [0.1, 0.15) is 84.5 Å². The van der Waals surface area contributed by atoms with Gasteiger partial charge in [0, 0.05) is 6.42 Å². The predicted octanol–water partition coefficient (Wildman–Crippen LogP) is 0.980. The molecular formula is C23H45NO8. The van der Waals surface area contributed by atoms with Gasteiger partial charge in [-0.15, -0.1) is 0 Å². The standard InChI is InChI=1S/C23H45NO8/c1-3-5-7-8-9-11-13-19(27)24-16(17(26)12-10-6-4-2)15-31-23-22(30)21(29)20(28)18(14-25)32-23/h16-18,20-23,25-26,28-30H,3-15H2,1-2H3,(H,24,27). The van der Waals surface area contributed by atoms with Crippen molar-refractivity contribution in [2.24, 2.45) is 0 Å². The van der Waals surface area contributed by atoms with Crippen LogP contribution >= 0.6 is 0 Å². The van der Waals surface area contributed by atoms with E-state index in [1.807, 2.05) is 0 Å². The van der Waals surface area contributed by atoms with Crippen LogP contribution < -0.4 is 5.32 Å². The van der Waals surface area contributed by atoms with E-state index in [-0.39, 0.29) is 12.5 Å². The van der Waals surface area contributed by atoms with Crippen LogP contribution in [0.25, 0.3) is 0 Å². The molecule has 0 aromatic rings. The molecule has 1 aliphatic rings. The number of aliphatic hydroxyl groups excluding tert-OH is 5. The van der Waals surface area contributed by atoms with E-state index in [1.165, 1.54) is 19.3 Å². The smallest absolute Gasteiger partial charge is 0.220 e. The molecule has 1 aliphatic heterocycles. The van der Waals surface area contributed by atoms with Crippen molar-refractivity contribution < 1.29 is 39.8 Å². The van der Waals surface area contributed by atoms with E-state index < -0.39 is 49.5 Å². The molecule has 32 heavy (non-hydrogen) atoms. The second kappa shape index (κ2) is 16.7. The van der Waals surface area contributed by atoms with Crippen molar-refractivity contribution in [1.29, 1.82) is 0 Å². The van der Waals surface area contributed by atoms with Gasteiger partial charge in [-0.3, -0.25) is 4.79 Å². The Morgan fingerprint density at radius 1 is 0.938 bits per heavy atom. The summed E-state index contributed by atoms with van der Waals surface area (Å²) in [5.74, 6) is -0.169. The Hall–Kier alpha value is -0.810. The maximum atomic E-state index is 12.4. The number of carbonyl (C=O) groups is 1. The minimum absolute atomic E-state index is 0.141. The number of hydrogen-bond donors (Lipinski definition) is 6. The topological polar surface area (TPSA) is 149 Å². The van der Waals surface area contributed by atoms with Crippen molar-refractivity contribution in [2.45, 2.75) is 127 Å². The highest BCUT2D eigenvalue weighted by molar-refractivity contribution is 5.76. The number of carbonyl (C=O) groups excluding carboxylic acids is 1. The molecule has 7 atom stereocenters. The van der Waals surface area contributed by atoms with Crippen molar-refractivity contribution in [3.63, 3.8) is 0 Å². The van der Waals surface area contributed by atoms with Gasteiger partial charge in [-0.2, -0.15) is 0 Å². The highest BCUT2D eigenvalue weighted by atomic mass is 16.7. The highest BCUT2D eigenvalue weighted by Crippen LogP contribution is 2.22. The number of ether oxygens (including phenoxy) is 2. The first kappa shape index (κ1) is 29.2. The lowest BCUT2D eigenvalue weighted by molar-refractivity contribution is -0.302. The van der Waals surface area contributed by atoms with Crippen LogP contribution in [0.3, 0.4) is 0 Å². The molecule has 9 heteroatoms. The summed E-state index contributed by atoms with van der Waals surface area (Å²) in [6.07, 6.45) is 2.30. The molecule has 0 saturated carbocycles. The normalized spacial score (nSPS) is 27.8. The molecule has 0 aliphatic carbocycles. The van der Waals surface area contributed by atoms with Gasteiger partial charge in [0.2, 0.25) is 5.91 Å². The Kier molecular flexibility index (Phi) is 15.3.